The third-order valence-electron chi connectivity index (χ3n) is 5.85. The van der Waals surface area contributed by atoms with Crippen LogP contribution in [0.4, 0.5) is 0 Å². The number of rotatable bonds is 13. The Morgan fingerprint density at radius 3 is 2.03 bits per heavy atom. The highest BCUT2D eigenvalue weighted by molar-refractivity contribution is 6.43. The predicted molar refractivity (Wildman–Crippen MR) is 141 cm³/mol. The second-order valence-electron chi connectivity index (χ2n) is 9.56. The topological polar surface area (TPSA) is 128 Å². The number of carbonyl (C=O) groups excluding carboxylic acids is 3. The summed E-state index contributed by atoms with van der Waals surface area (Å²) in [5, 5.41) is 27.4. The van der Waals surface area contributed by atoms with E-state index in [-0.39, 0.29) is 18.4 Å². The highest BCUT2D eigenvalue weighted by Crippen LogP contribution is 2.10. The van der Waals surface area contributed by atoms with Crippen LogP contribution in [0.5, 0.6) is 0 Å². The fourth-order valence-electron chi connectivity index (χ4n) is 3.70. The van der Waals surface area contributed by atoms with Gasteiger partial charge in [-0.1, -0.05) is 57.0 Å². The van der Waals surface area contributed by atoms with Crippen molar-refractivity contribution in [3.05, 3.63) is 70.8 Å². The first-order valence-corrected chi connectivity index (χ1v) is 12.5. The van der Waals surface area contributed by atoms with Crippen LogP contribution >= 0.6 is 0 Å². The summed E-state index contributed by atoms with van der Waals surface area (Å²) in [6.07, 6.45) is 3.39. The zero-order chi connectivity index (χ0) is 26.7. The second-order valence-corrected chi connectivity index (χ2v) is 9.56. The number of benzene rings is 2. The number of hydrogen-bond acceptors (Lipinski definition) is 5. The van der Waals surface area contributed by atoms with Crippen molar-refractivity contribution in [2.45, 2.75) is 65.4 Å². The zero-order valence-corrected chi connectivity index (χ0v) is 21.6. The van der Waals surface area contributed by atoms with Crippen LogP contribution in [0.2, 0.25) is 0 Å². The van der Waals surface area contributed by atoms with Crippen molar-refractivity contribution in [1.82, 2.24) is 16.0 Å². The van der Waals surface area contributed by atoms with Gasteiger partial charge in [0, 0.05) is 17.7 Å². The van der Waals surface area contributed by atoms with Gasteiger partial charge in [-0.15, -0.1) is 0 Å². The number of carbonyl (C=O) groups is 3. The molecule has 2 aromatic rings. The maximum atomic E-state index is 13.1. The predicted octanol–water partition coefficient (Wildman–Crippen LogP) is 2.41. The SMILES string of the molecule is CCCCc1ccc(C(=O)N[C@H](CNC(=O)c2ccc(C)cc2)C(=O)N[C@@H](CC(C)C)B(O)O)cc1. The number of amides is 3. The molecule has 3 amide bonds. The smallest absolute Gasteiger partial charge is 0.426 e. The summed E-state index contributed by atoms with van der Waals surface area (Å²) >= 11 is 0. The van der Waals surface area contributed by atoms with E-state index < -0.39 is 30.9 Å². The molecule has 0 aliphatic rings. The molecular formula is C27H38BN3O5. The zero-order valence-electron chi connectivity index (χ0n) is 21.6. The average molecular weight is 495 g/mol. The van der Waals surface area contributed by atoms with Gasteiger partial charge in [-0.25, -0.2) is 0 Å². The van der Waals surface area contributed by atoms with E-state index in [0.717, 1.165) is 30.4 Å². The fraction of sp³-hybridized carbons (Fsp3) is 0.444. The van der Waals surface area contributed by atoms with Gasteiger partial charge in [0.15, 0.2) is 0 Å². The van der Waals surface area contributed by atoms with Gasteiger partial charge in [0.1, 0.15) is 6.04 Å². The monoisotopic (exact) mass is 495 g/mol. The summed E-state index contributed by atoms with van der Waals surface area (Å²) in [6, 6.07) is 13.0. The number of nitrogens with one attached hydrogen (secondary N) is 3. The van der Waals surface area contributed by atoms with E-state index in [0.29, 0.717) is 17.5 Å². The maximum absolute atomic E-state index is 13.1. The summed E-state index contributed by atoms with van der Waals surface area (Å²) in [6.45, 7) is 7.65. The largest absolute Gasteiger partial charge is 0.475 e. The minimum absolute atomic E-state index is 0.0950. The van der Waals surface area contributed by atoms with Crippen LogP contribution in [0.25, 0.3) is 0 Å². The molecule has 2 atom stereocenters. The lowest BCUT2D eigenvalue weighted by Gasteiger charge is -2.24. The van der Waals surface area contributed by atoms with Gasteiger partial charge in [0.2, 0.25) is 5.91 Å². The fourth-order valence-corrected chi connectivity index (χ4v) is 3.70. The molecule has 8 nitrogen and oxygen atoms in total. The van der Waals surface area contributed by atoms with Crippen molar-refractivity contribution >= 4 is 24.8 Å². The van der Waals surface area contributed by atoms with Gasteiger partial charge >= 0.3 is 7.12 Å². The van der Waals surface area contributed by atoms with Gasteiger partial charge in [-0.2, -0.15) is 0 Å². The van der Waals surface area contributed by atoms with Crippen LogP contribution < -0.4 is 16.0 Å². The summed E-state index contributed by atoms with van der Waals surface area (Å²) in [4.78, 5) is 38.6. The van der Waals surface area contributed by atoms with E-state index in [9.17, 15) is 24.4 Å². The van der Waals surface area contributed by atoms with Gasteiger partial charge in [-0.3, -0.25) is 14.4 Å². The normalized spacial score (nSPS) is 12.5. The maximum Gasteiger partial charge on any atom is 0.475 e. The molecule has 0 bridgehead atoms. The molecule has 2 aromatic carbocycles. The van der Waals surface area contributed by atoms with Gasteiger partial charge in [-0.05, 0) is 61.9 Å². The highest BCUT2D eigenvalue weighted by atomic mass is 16.4. The summed E-state index contributed by atoms with van der Waals surface area (Å²) < 4.78 is 0. The van der Waals surface area contributed by atoms with Crippen LogP contribution in [0, 0.1) is 12.8 Å². The third kappa shape index (κ3) is 9.47. The number of unbranched alkanes of at least 4 members (excludes halogenated alkanes) is 1. The van der Waals surface area contributed by atoms with Crippen LogP contribution in [0.1, 0.15) is 71.9 Å². The molecule has 194 valence electrons. The lowest BCUT2D eigenvalue weighted by molar-refractivity contribution is -0.123. The Hall–Kier alpha value is -3.17. The van der Waals surface area contributed by atoms with E-state index in [1.165, 1.54) is 0 Å². The van der Waals surface area contributed by atoms with E-state index in [4.69, 9.17) is 0 Å². The molecule has 0 radical (unpaired) electrons. The Bertz CT molecular complexity index is 993. The molecule has 0 spiro atoms. The van der Waals surface area contributed by atoms with Crippen molar-refractivity contribution in [2.24, 2.45) is 5.92 Å². The first kappa shape index (κ1) is 29.1. The molecule has 0 heterocycles. The molecule has 0 unspecified atom stereocenters. The van der Waals surface area contributed by atoms with Crippen LogP contribution in [0.15, 0.2) is 48.5 Å². The highest BCUT2D eigenvalue weighted by Gasteiger charge is 2.30. The number of aryl methyl sites for hydroxylation is 2. The van der Waals surface area contributed by atoms with E-state index in [1.807, 2.05) is 45.0 Å². The summed E-state index contributed by atoms with van der Waals surface area (Å²) in [5.41, 5.74) is 2.95. The molecule has 36 heavy (non-hydrogen) atoms. The molecule has 0 saturated heterocycles. The van der Waals surface area contributed by atoms with Crippen molar-refractivity contribution < 1.29 is 24.4 Å². The molecule has 0 aliphatic carbocycles. The quantitative estimate of drug-likeness (QED) is 0.273. The Morgan fingerprint density at radius 1 is 0.889 bits per heavy atom. The molecule has 0 aromatic heterocycles. The molecule has 5 N–H and O–H groups in total. The minimum Gasteiger partial charge on any atom is -0.426 e. The van der Waals surface area contributed by atoms with Crippen LogP contribution in [0.3, 0.4) is 0 Å². The average Bonchev–Trinajstić information content (AvgIpc) is 2.84. The molecule has 0 aliphatic heterocycles. The van der Waals surface area contributed by atoms with Crippen molar-refractivity contribution in [3.8, 4) is 0 Å². The molecule has 9 heteroatoms. The summed E-state index contributed by atoms with van der Waals surface area (Å²) in [7, 11) is -1.76. The minimum atomic E-state index is -1.76. The van der Waals surface area contributed by atoms with E-state index in [1.54, 1.807) is 24.3 Å². The van der Waals surface area contributed by atoms with Crippen molar-refractivity contribution in [2.75, 3.05) is 6.54 Å². The van der Waals surface area contributed by atoms with Gasteiger partial charge < -0.3 is 26.0 Å². The van der Waals surface area contributed by atoms with E-state index >= 15 is 0 Å². The lowest BCUT2D eigenvalue weighted by Crippen LogP contribution is -2.57. The number of hydrogen-bond donors (Lipinski definition) is 5. The first-order valence-electron chi connectivity index (χ1n) is 12.5. The molecule has 2 rings (SSSR count). The molecular weight excluding hydrogens is 457 g/mol. The standard InChI is InChI=1S/C27H38BN3O5/c1-5-6-7-20-10-14-22(15-11-20)26(33)30-23(27(34)31-24(28(35)36)16-18(2)3)17-29-25(32)21-12-8-19(4)9-13-21/h8-15,18,23-24,35-36H,5-7,16-17H2,1-4H3,(H,29,32)(H,30,33)(H,31,34)/t23-,24+/m1/s1. The van der Waals surface area contributed by atoms with Gasteiger partial charge in [0.25, 0.3) is 11.8 Å². The Kier molecular flexibility index (Phi) is 11.6. The third-order valence-corrected chi connectivity index (χ3v) is 5.85. The lowest BCUT2D eigenvalue weighted by atomic mass is 9.75. The Morgan fingerprint density at radius 2 is 1.47 bits per heavy atom. The van der Waals surface area contributed by atoms with Crippen molar-refractivity contribution in [3.63, 3.8) is 0 Å². The second kappa shape index (κ2) is 14.4. The van der Waals surface area contributed by atoms with Crippen LogP contribution in [-0.4, -0.2) is 53.4 Å². The Balaban J connectivity index is 2.15. The molecule has 0 fully saturated rings. The van der Waals surface area contributed by atoms with Crippen LogP contribution in [-0.2, 0) is 11.2 Å². The van der Waals surface area contributed by atoms with E-state index in [2.05, 4.69) is 22.9 Å². The first-order chi connectivity index (χ1) is 17.1. The van der Waals surface area contributed by atoms with Gasteiger partial charge in [0.05, 0.1) is 5.94 Å². The van der Waals surface area contributed by atoms with Crippen molar-refractivity contribution in [1.29, 1.82) is 0 Å². The molecule has 0 saturated carbocycles. The Labute approximate surface area is 214 Å². The summed E-state index contributed by atoms with van der Waals surface area (Å²) in [5.74, 6) is -2.29.